The Kier molecular flexibility index (Phi) is 6.34. The van der Waals surface area contributed by atoms with Gasteiger partial charge in [0.2, 0.25) is 11.8 Å². The Morgan fingerprint density at radius 1 is 1.31 bits per heavy atom. The summed E-state index contributed by atoms with van der Waals surface area (Å²) < 4.78 is 0. The minimum Gasteiger partial charge on any atom is -0.347 e. The number of carbonyl (C=O) groups is 3. The molecular weight excluding hydrogens is 332 g/mol. The molecule has 138 valence electrons. The van der Waals surface area contributed by atoms with Crippen molar-refractivity contribution in [1.29, 1.82) is 5.26 Å². The van der Waals surface area contributed by atoms with Crippen LogP contribution in [-0.2, 0) is 9.59 Å². The standard InChI is InChI=1S/C19H24N4O3/c1-4-22(5-2)19(26)17-10-16(12-23(17)13(3)24)21-18(25)15-8-6-7-14(9-15)11-20/h6-9,16-17H,4-5,10,12H2,1-3H3,(H,21,25)/t16-,17-/m0/s1. The second-order valence-corrected chi connectivity index (χ2v) is 6.30. The Morgan fingerprint density at radius 3 is 2.58 bits per heavy atom. The molecule has 1 aliphatic heterocycles. The van der Waals surface area contributed by atoms with Gasteiger partial charge in [0.05, 0.1) is 11.6 Å². The van der Waals surface area contributed by atoms with E-state index in [4.69, 9.17) is 5.26 Å². The molecule has 1 aromatic rings. The average Bonchev–Trinajstić information content (AvgIpc) is 3.06. The van der Waals surface area contributed by atoms with Crippen LogP contribution in [0.2, 0.25) is 0 Å². The smallest absolute Gasteiger partial charge is 0.251 e. The van der Waals surface area contributed by atoms with E-state index in [1.54, 1.807) is 23.1 Å². The van der Waals surface area contributed by atoms with Gasteiger partial charge in [-0.2, -0.15) is 5.26 Å². The Hall–Kier alpha value is -2.88. The topological polar surface area (TPSA) is 93.5 Å². The van der Waals surface area contributed by atoms with E-state index in [0.717, 1.165) is 0 Å². The molecule has 7 nitrogen and oxygen atoms in total. The molecule has 0 saturated carbocycles. The van der Waals surface area contributed by atoms with E-state index in [0.29, 0.717) is 37.2 Å². The highest BCUT2D eigenvalue weighted by atomic mass is 16.2. The second-order valence-electron chi connectivity index (χ2n) is 6.30. The lowest BCUT2D eigenvalue weighted by Gasteiger charge is -2.28. The quantitative estimate of drug-likeness (QED) is 0.856. The van der Waals surface area contributed by atoms with Gasteiger partial charge in [-0.1, -0.05) is 6.07 Å². The molecule has 7 heteroatoms. The van der Waals surface area contributed by atoms with Crippen LogP contribution < -0.4 is 5.32 Å². The number of likely N-dealkylation sites (N-methyl/N-ethyl adjacent to an activating group) is 1. The molecule has 0 radical (unpaired) electrons. The first-order valence-corrected chi connectivity index (χ1v) is 8.78. The van der Waals surface area contributed by atoms with Gasteiger partial charge in [0, 0.05) is 38.2 Å². The minimum absolute atomic E-state index is 0.0894. The molecule has 1 saturated heterocycles. The molecule has 2 rings (SSSR count). The summed E-state index contributed by atoms with van der Waals surface area (Å²) in [6, 6.07) is 7.57. The third kappa shape index (κ3) is 4.20. The Balaban J connectivity index is 2.11. The van der Waals surface area contributed by atoms with E-state index in [1.807, 2.05) is 19.9 Å². The molecular formula is C19H24N4O3. The first-order valence-electron chi connectivity index (χ1n) is 8.78. The Bertz CT molecular complexity index is 737. The molecule has 0 aliphatic carbocycles. The molecule has 2 atom stereocenters. The number of hydrogen-bond donors (Lipinski definition) is 1. The Labute approximate surface area is 153 Å². The lowest BCUT2D eigenvalue weighted by molar-refractivity contribution is -0.142. The molecule has 0 bridgehead atoms. The predicted octanol–water partition coefficient (Wildman–Crippen LogP) is 1.15. The van der Waals surface area contributed by atoms with Gasteiger partial charge in [0.1, 0.15) is 6.04 Å². The summed E-state index contributed by atoms with van der Waals surface area (Å²) in [5.74, 6) is -0.585. The lowest BCUT2D eigenvalue weighted by atomic mass is 10.1. The van der Waals surface area contributed by atoms with Gasteiger partial charge >= 0.3 is 0 Å². The number of nitrogens with zero attached hydrogens (tertiary/aromatic N) is 3. The fraction of sp³-hybridized carbons (Fsp3) is 0.474. The maximum Gasteiger partial charge on any atom is 0.251 e. The molecule has 1 aliphatic rings. The molecule has 0 aromatic heterocycles. The third-order valence-electron chi connectivity index (χ3n) is 4.65. The zero-order valence-electron chi connectivity index (χ0n) is 15.4. The van der Waals surface area contributed by atoms with Crippen LogP contribution >= 0.6 is 0 Å². The van der Waals surface area contributed by atoms with Crippen LogP contribution in [0.5, 0.6) is 0 Å². The average molecular weight is 356 g/mol. The monoisotopic (exact) mass is 356 g/mol. The summed E-state index contributed by atoms with van der Waals surface area (Å²) in [4.78, 5) is 40.3. The molecule has 0 unspecified atom stereocenters. The van der Waals surface area contributed by atoms with Crippen molar-refractivity contribution in [2.24, 2.45) is 0 Å². The highest BCUT2D eigenvalue weighted by Crippen LogP contribution is 2.21. The zero-order valence-corrected chi connectivity index (χ0v) is 15.4. The number of hydrogen-bond acceptors (Lipinski definition) is 4. The molecule has 0 spiro atoms. The molecule has 1 N–H and O–H groups in total. The van der Waals surface area contributed by atoms with E-state index in [9.17, 15) is 14.4 Å². The van der Waals surface area contributed by atoms with E-state index in [-0.39, 0.29) is 23.8 Å². The Morgan fingerprint density at radius 2 is 2.00 bits per heavy atom. The largest absolute Gasteiger partial charge is 0.347 e. The maximum atomic E-state index is 12.7. The first-order chi connectivity index (χ1) is 12.4. The molecule has 26 heavy (non-hydrogen) atoms. The van der Waals surface area contributed by atoms with E-state index < -0.39 is 6.04 Å². The van der Waals surface area contributed by atoms with Gasteiger partial charge in [-0.15, -0.1) is 0 Å². The summed E-state index contributed by atoms with van der Waals surface area (Å²) in [6.07, 6.45) is 0.387. The van der Waals surface area contributed by atoms with Crippen molar-refractivity contribution < 1.29 is 14.4 Å². The number of carbonyl (C=O) groups excluding carboxylic acids is 3. The fourth-order valence-corrected chi connectivity index (χ4v) is 3.27. The van der Waals surface area contributed by atoms with Crippen LogP contribution in [0, 0.1) is 11.3 Å². The van der Waals surface area contributed by atoms with Crippen molar-refractivity contribution >= 4 is 17.7 Å². The van der Waals surface area contributed by atoms with Crippen molar-refractivity contribution in [1.82, 2.24) is 15.1 Å². The van der Waals surface area contributed by atoms with Crippen LogP contribution in [0.4, 0.5) is 0 Å². The summed E-state index contributed by atoms with van der Waals surface area (Å²) in [7, 11) is 0. The van der Waals surface area contributed by atoms with Crippen LogP contribution in [-0.4, -0.2) is 59.2 Å². The SMILES string of the molecule is CCN(CC)C(=O)[C@@H]1C[C@H](NC(=O)c2cccc(C#N)c2)CN1C(C)=O. The van der Waals surface area contributed by atoms with Crippen LogP contribution in [0.1, 0.15) is 43.1 Å². The van der Waals surface area contributed by atoms with Crippen molar-refractivity contribution in [2.45, 2.75) is 39.3 Å². The van der Waals surface area contributed by atoms with Crippen molar-refractivity contribution in [3.63, 3.8) is 0 Å². The molecule has 1 heterocycles. The highest BCUT2D eigenvalue weighted by Gasteiger charge is 2.40. The van der Waals surface area contributed by atoms with Crippen LogP contribution in [0.3, 0.4) is 0 Å². The summed E-state index contributed by atoms with van der Waals surface area (Å²) in [6.45, 7) is 6.69. The van der Waals surface area contributed by atoms with Crippen LogP contribution in [0.25, 0.3) is 0 Å². The molecule has 1 aromatic carbocycles. The normalized spacial score (nSPS) is 18.9. The summed E-state index contributed by atoms with van der Waals surface area (Å²) >= 11 is 0. The molecule has 3 amide bonds. The van der Waals surface area contributed by atoms with Crippen LogP contribution in [0.15, 0.2) is 24.3 Å². The lowest BCUT2D eigenvalue weighted by Crippen LogP contribution is -2.47. The number of nitrogens with one attached hydrogen (secondary N) is 1. The maximum absolute atomic E-state index is 12.7. The van der Waals surface area contributed by atoms with Gasteiger partial charge < -0.3 is 15.1 Å². The van der Waals surface area contributed by atoms with Crippen molar-refractivity contribution in [3.8, 4) is 6.07 Å². The van der Waals surface area contributed by atoms with E-state index in [1.165, 1.54) is 17.9 Å². The first kappa shape index (κ1) is 19.4. The summed E-state index contributed by atoms with van der Waals surface area (Å²) in [5.41, 5.74) is 0.793. The highest BCUT2D eigenvalue weighted by molar-refractivity contribution is 5.95. The second kappa shape index (κ2) is 8.48. The fourth-order valence-electron chi connectivity index (χ4n) is 3.27. The number of benzene rings is 1. The van der Waals surface area contributed by atoms with Gasteiger partial charge in [0.25, 0.3) is 5.91 Å². The van der Waals surface area contributed by atoms with E-state index in [2.05, 4.69) is 5.32 Å². The van der Waals surface area contributed by atoms with Gasteiger partial charge in [-0.3, -0.25) is 14.4 Å². The number of amides is 3. The predicted molar refractivity (Wildman–Crippen MR) is 96.1 cm³/mol. The van der Waals surface area contributed by atoms with E-state index >= 15 is 0 Å². The van der Waals surface area contributed by atoms with Gasteiger partial charge in [0.15, 0.2) is 0 Å². The van der Waals surface area contributed by atoms with Crippen molar-refractivity contribution in [3.05, 3.63) is 35.4 Å². The minimum atomic E-state index is -0.553. The zero-order chi connectivity index (χ0) is 19.3. The summed E-state index contributed by atoms with van der Waals surface area (Å²) in [5, 5.41) is 11.8. The van der Waals surface area contributed by atoms with Gasteiger partial charge in [-0.25, -0.2) is 0 Å². The number of likely N-dealkylation sites (tertiary alicyclic amines) is 1. The van der Waals surface area contributed by atoms with Crippen molar-refractivity contribution in [2.75, 3.05) is 19.6 Å². The number of rotatable bonds is 5. The number of nitriles is 1. The molecule has 1 fully saturated rings. The van der Waals surface area contributed by atoms with Gasteiger partial charge in [-0.05, 0) is 38.5 Å². The third-order valence-corrected chi connectivity index (χ3v) is 4.65.